The maximum atomic E-state index is 11.2. The Labute approximate surface area is 98.9 Å². The Morgan fingerprint density at radius 1 is 1.44 bits per heavy atom. The van der Waals surface area contributed by atoms with Crippen LogP contribution in [0.4, 0.5) is 0 Å². The molecule has 0 amide bonds. The molecule has 16 heavy (non-hydrogen) atoms. The van der Waals surface area contributed by atoms with Crippen LogP contribution in [0.3, 0.4) is 0 Å². The van der Waals surface area contributed by atoms with Crippen molar-refractivity contribution in [2.75, 3.05) is 20.2 Å². The third-order valence-corrected chi connectivity index (χ3v) is 3.97. The van der Waals surface area contributed by atoms with E-state index in [1.54, 1.807) is 0 Å². The summed E-state index contributed by atoms with van der Waals surface area (Å²) >= 11 is 0. The average molecular weight is 227 g/mol. The quantitative estimate of drug-likeness (QED) is 0.708. The Hall–Kier alpha value is -0.570. The van der Waals surface area contributed by atoms with E-state index in [2.05, 4.69) is 12.2 Å². The van der Waals surface area contributed by atoms with Crippen molar-refractivity contribution in [3.63, 3.8) is 0 Å². The molecule has 1 saturated carbocycles. The first-order chi connectivity index (χ1) is 7.63. The molecule has 1 aliphatic carbocycles. The molecule has 0 aromatic heterocycles. The van der Waals surface area contributed by atoms with Gasteiger partial charge in [0.2, 0.25) is 0 Å². The lowest BCUT2D eigenvalue weighted by atomic mass is 9.83. The van der Waals surface area contributed by atoms with E-state index in [1.165, 1.54) is 39.2 Å². The predicted molar refractivity (Wildman–Crippen MR) is 65.2 cm³/mol. The van der Waals surface area contributed by atoms with Crippen LogP contribution in [0.2, 0.25) is 0 Å². The number of esters is 1. The Morgan fingerprint density at radius 2 is 2.06 bits per heavy atom. The van der Waals surface area contributed by atoms with E-state index in [0.29, 0.717) is 5.41 Å². The Bertz CT molecular complexity index is 222. The van der Waals surface area contributed by atoms with E-state index in [9.17, 15) is 4.79 Å². The molecule has 0 spiro atoms. The Kier molecular flexibility index (Phi) is 5.26. The largest absolute Gasteiger partial charge is 0.469 e. The minimum Gasteiger partial charge on any atom is -0.469 e. The van der Waals surface area contributed by atoms with Crippen molar-refractivity contribution in [2.24, 2.45) is 11.3 Å². The van der Waals surface area contributed by atoms with Gasteiger partial charge in [-0.2, -0.15) is 0 Å². The molecule has 1 unspecified atom stereocenters. The molecule has 0 aliphatic heterocycles. The monoisotopic (exact) mass is 227 g/mol. The van der Waals surface area contributed by atoms with Gasteiger partial charge in [0.15, 0.2) is 0 Å². The van der Waals surface area contributed by atoms with Gasteiger partial charge in [-0.3, -0.25) is 4.79 Å². The third-order valence-electron chi connectivity index (χ3n) is 3.97. The second-order valence-corrected chi connectivity index (χ2v) is 5.12. The van der Waals surface area contributed by atoms with Crippen LogP contribution in [-0.4, -0.2) is 26.2 Å². The highest BCUT2D eigenvalue weighted by molar-refractivity contribution is 5.71. The summed E-state index contributed by atoms with van der Waals surface area (Å²) < 4.78 is 4.71. The predicted octanol–water partition coefficient (Wildman–Crippen LogP) is 2.36. The van der Waals surface area contributed by atoms with Gasteiger partial charge in [0.05, 0.1) is 13.0 Å². The van der Waals surface area contributed by atoms with E-state index in [4.69, 9.17) is 4.74 Å². The van der Waals surface area contributed by atoms with Gasteiger partial charge in [0.25, 0.3) is 0 Å². The summed E-state index contributed by atoms with van der Waals surface area (Å²) in [6.07, 6.45) is 6.64. The summed E-state index contributed by atoms with van der Waals surface area (Å²) in [5.74, 6) is -0.162. The number of nitrogens with one attached hydrogen (secondary N) is 1. The topological polar surface area (TPSA) is 38.3 Å². The maximum Gasteiger partial charge on any atom is 0.309 e. The van der Waals surface area contributed by atoms with Crippen LogP contribution in [0, 0.1) is 11.3 Å². The smallest absolute Gasteiger partial charge is 0.309 e. The number of hydrogen-bond donors (Lipinski definition) is 1. The fraction of sp³-hybridized carbons (Fsp3) is 0.923. The molecule has 1 N–H and O–H groups in total. The normalized spacial score (nSPS) is 20.7. The fourth-order valence-electron chi connectivity index (χ4n) is 2.62. The van der Waals surface area contributed by atoms with Gasteiger partial charge in [-0.15, -0.1) is 0 Å². The second-order valence-electron chi connectivity index (χ2n) is 5.12. The molecular formula is C13H25NO2. The zero-order valence-corrected chi connectivity index (χ0v) is 10.8. The molecule has 1 atom stereocenters. The van der Waals surface area contributed by atoms with E-state index in [0.717, 1.165) is 13.1 Å². The zero-order chi connectivity index (χ0) is 12.0. The second kappa shape index (κ2) is 6.24. The summed E-state index contributed by atoms with van der Waals surface area (Å²) in [7, 11) is 1.45. The molecule has 94 valence electrons. The third kappa shape index (κ3) is 3.48. The molecule has 1 rings (SSSR count). The van der Waals surface area contributed by atoms with Crippen molar-refractivity contribution >= 4 is 5.97 Å². The number of hydrogen-bond acceptors (Lipinski definition) is 3. The molecule has 1 aliphatic rings. The number of ether oxygens (including phenoxy) is 1. The van der Waals surface area contributed by atoms with Crippen molar-refractivity contribution in [1.82, 2.24) is 5.32 Å². The lowest BCUT2D eigenvalue weighted by molar-refractivity contribution is -0.144. The van der Waals surface area contributed by atoms with Crippen LogP contribution in [-0.2, 0) is 9.53 Å². The van der Waals surface area contributed by atoms with Crippen LogP contribution in [0.5, 0.6) is 0 Å². The first-order valence-corrected chi connectivity index (χ1v) is 6.42. The van der Waals surface area contributed by atoms with Gasteiger partial charge in [-0.1, -0.05) is 26.7 Å². The Morgan fingerprint density at radius 3 is 2.56 bits per heavy atom. The van der Waals surface area contributed by atoms with Crippen molar-refractivity contribution in [2.45, 2.75) is 46.0 Å². The Balaban J connectivity index is 2.26. The van der Waals surface area contributed by atoms with Crippen molar-refractivity contribution in [3.8, 4) is 0 Å². The molecule has 1 fully saturated rings. The van der Waals surface area contributed by atoms with Crippen LogP contribution in [0.1, 0.15) is 46.0 Å². The molecule has 0 radical (unpaired) electrons. The van der Waals surface area contributed by atoms with Crippen molar-refractivity contribution in [1.29, 1.82) is 0 Å². The van der Waals surface area contributed by atoms with E-state index >= 15 is 0 Å². The summed E-state index contributed by atoms with van der Waals surface area (Å²) in [4.78, 5) is 11.2. The summed E-state index contributed by atoms with van der Waals surface area (Å²) in [5, 5.41) is 3.43. The molecule has 0 aromatic rings. The molecule has 0 bridgehead atoms. The standard InChI is InChI=1S/C13H25NO2/c1-4-13(7-5-6-8-13)10-14-9-11(2)12(15)16-3/h11,14H,4-10H2,1-3H3. The number of carbonyl (C=O) groups excluding carboxylic acids is 1. The average Bonchev–Trinajstić information content (AvgIpc) is 2.77. The number of methoxy groups -OCH3 is 1. The molecule has 0 saturated heterocycles. The summed E-state index contributed by atoms with van der Waals surface area (Å²) in [6, 6.07) is 0. The highest BCUT2D eigenvalue weighted by Crippen LogP contribution is 2.40. The van der Waals surface area contributed by atoms with Crippen molar-refractivity contribution in [3.05, 3.63) is 0 Å². The van der Waals surface area contributed by atoms with Crippen LogP contribution in [0.25, 0.3) is 0 Å². The zero-order valence-electron chi connectivity index (χ0n) is 10.8. The molecular weight excluding hydrogens is 202 g/mol. The van der Waals surface area contributed by atoms with Crippen LogP contribution in [0.15, 0.2) is 0 Å². The number of carbonyl (C=O) groups is 1. The van der Waals surface area contributed by atoms with E-state index in [1.807, 2.05) is 6.92 Å². The maximum absolute atomic E-state index is 11.2. The van der Waals surface area contributed by atoms with Gasteiger partial charge < -0.3 is 10.1 Å². The highest BCUT2D eigenvalue weighted by atomic mass is 16.5. The lowest BCUT2D eigenvalue weighted by Crippen LogP contribution is -2.36. The van der Waals surface area contributed by atoms with Crippen LogP contribution < -0.4 is 5.32 Å². The molecule has 3 heteroatoms. The van der Waals surface area contributed by atoms with E-state index < -0.39 is 0 Å². The van der Waals surface area contributed by atoms with Crippen LogP contribution >= 0.6 is 0 Å². The molecule has 0 aromatic carbocycles. The van der Waals surface area contributed by atoms with Gasteiger partial charge in [0.1, 0.15) is 0 Å². The van der Waals surface area contributed by atoms with Gasteiger partial charge in [-0.25, -0.2) is 0 Å². The molecule has 0 heterocycles. The first kappa shape index (κ1) is 13.5. The van der Waals surface area contributed by atoms with Crippen molar-refractivity contribution < 1.29 is 9.53 Å². The summed E-state index contributed by atoms with van der Waals surface area (Å²) in [5.41, 5.74) is 0.496. The lowest BCUT2D eigenvalue weighted by Gasteiger charge is -2.28. The minimum atomic E-state index is -0.121. The SMILES string of the molecule is CCC1(CNCC(C)C(=O)OC)CCCC1. The number of rotatable bonds is 6. The van der Waals surface area contributed by atoms with Gasteiger partial charge in [-0.05, 0) is 24.7 Å². The van der Waals surface area contributed by atoms with E-state index in [-0.39, 0.29) is 11.9 Å². The van der Waals surface area contributed by atoms with Gasteiger partial charge in [0, 0.05) is 13.1 Å². The van der Waals surface area contributed by atoms with Gasteiger partial charge >= 0.3 is 5.97 Å². The molecule has 3 nitrogen and oxygen atoms in total. The first-order valence-electron chi connectivity index (χ1n) is 6.42. The minimum absolute atomic E-state index is 0.0414. The fourth-order valence-corrected chi connectivity index (χ4v) is 2.62. The summed E-state index contributed by atoms with van der Waals surface area (Å²) in [6.45, 7) is 5.96. The highest BCUT2D eigenvalue weighted by Gasteiger charge is 2.31.